The molecule has 7 heteroatoms. The third-order valence-electron chi connectivity index (χ3n) is 3.29. The maximum absolute atomic E-state index is 11.9. The van der Waals surface area contributed by atoms with Gasteiger partial charge in [-0.25, -0.2) is 9.48 Å². The first kappa shape index (κ1) is 14.1. The van der Waals surface area contributed by atoms with Crippen LogP contribution in [0.1, 0.15) is 26.8 Å². The number of aromatic nitrogens is 3. The van der Waals surface area contributed by atoms with Crippen molar-refractivity contribution in [2.24, 2.45) is 0 Å². The fourth-order valence-electron chi connectivity index (χ4n) is 2.26. The van der Waals surface area contributed by atoms with Crippen molar-refractivity contribution in [3.63, 3.8) is 0 Å². The van der Waals surface area contributed by atoms with Gasteiger partial charge in [-0.15, -0.1) is 5.10 Å². The number of halogens is 1. The fraction of sp³-hybridized carbons (Fsp3) is 0.500. The Morgan fingerprint density at radius 2 is 2.10 bits per heavy atom. The molecule has 0 radical (unpaired) electrons. The molecule has 0 aliphatic carbocycles. The lowest BCUT2D eigenvalue weighted by Gasteiger charge is -2.39. The monoisotopic (exact) mass is 308 g/mol. The van der Waals surface area contributed by atoms with Gasteiger partial charge in [-0.3, -0.25) is 0 Å². The average Bonchev–Trinajstić information content (AvgIpc) is 2.68. The van der Waals surface area contributed by atoms with Crippen LogP contribution in [0.25, 0.3) is 11.0 Å². The summed E-state index contributed by atoms with van der Waals surface area (Å²) in [7, 11) is 0. The minimum Gasteiger partial charge on any atom is -0.444 e. The molecule has 0 spiro atoms. The highest BCUT2D eigenvalue weighted by Gasteiger charge is 2.36. The first-order chi connectivity index (χ1) is 9.83. The maximum Gasteiger partial charge on any atom is 0.410 e. The Hall–Kier alpha value is -1.82. The molecule has 1 aromatic carbocycles. The van der Waals surface area contributed by atoms with E-state index >= 15 is 0 Å². The Labute approximate surface area is 127 Å². The summed E-state index contributed by atoms with van der Waals surface area (Å²) < 4.78 is 7.16. The molecule has 1 amide bonds. The largest absolute Gasteiger partial charge is 0.444 e. The molecule has 1 fully saturated rings. The second-order valence-corrected chi connectivity index (χ2v) is 6.64. The molecule has 1 aliphatic rings. The molecule has 0 N–H and O–H groups in total. The number of likely N-dealkylation sites (tertiary alicyclic amines) is 1. The molecule has 2 heterocycles. The number of hydrogen-bond acceptors (Lipinski definition) is 4. The molecule has 21 heavy (non-hydrogen) atoms. The SMILES string of the molecule is CC(C)(C)OC(=O)N1CC(n2nnc3ccc(Cl)cc32)C1. The number of carbonyl (C=O) groups excluding carboxylic acids is 1. The lowest BCUT2D eigenvalue weighted by Crippen LogP contribution is -2.52. The van der Waals surface area contributed by atoms with Gasteiger partial charge in [0.1, 0.15) is 11.1 Å². The van der Waals surface area contributed by atoms with Crippen molar-refractivity contribution in [1.82, 2.24) is 19.9 Å². The zero-order valence-corrected chi connectivity index (χ0v) is 13.0. The van der Waals surface area contributed by atoms with Crippen molar-refractivity contribution in [2.45, 2.75) is 32.4 Å². The smallest absolute Gasteiger partial charge is 0.410 e. The zero-order chi connectivity index (χ0) is 15.2. The van der Waals surface area contributed by atoms with Crippen molar-refractivity contribution in [3.05, 3.63) is 23.2 Å². The van der Waals surface area contributed by atoms with Crippen LogP contribution in [0.3, 0.4) is 0 Å². The van der Waals surface area contributed by atoms with E-state index in [-0.39, 0.29) is 12.1 Å². The predicted octanol–water partition coefficient (Wildman–Crippen LogP) is 2.88. The number of carbonyl (C=O) groups is 1. The molecule has 0 saturated carbocycles. The summed E-state index contributed by atoms with van der Waals surface area (Å²) in [6, 6.07) is 5.58. The van der Waals surface area contributed by atoms with Crippen LogP contribution < -0.4 is 0 Å². The third kappa shape index (κ3) is 2.81. The van der Waals surface area contributed by atoms with Crippen LogP contribution in [0.2, 0.25) is 5.02 Å². The number of hydrogen-bond donors (Lipinski definition) is 0. The number of benzene rings is 1. The first-order valence-electron chi connectivity index (χ1n) is 6.82. The van der Waals surface area contributed by atoms with Crippen LogP contribution in [-0.2, 0) is 4.74 Å². The Bertz CT molecular complexity index is 686. The van der Waals surface area contributed by atoms with Gasteiger partial charge in [0.05, 0.1) is 11.6 Å². The Morgan fingerprint density at radius 3 is 2.76 bits per heavy atom. The summed E-state index contributed by atoms with van der Waals surface area (Å²) in [5.41, 5.74) is 1.21. The second kappa shape index (κ2) is 4.87. The van der Waals surface area contributed by atoms with Crippen LogP contribution in [0, 0.1) is 0 Å². The molecule has 1 aliphatic heterocycles. The van der Waals surface area contributed by atoms with Crippen molar-refractivity contribution < 1.29 is 9.53 Å². The summed E-state index contributed by atoms with van der Waals surface area (Å²) in [5.74, 6) is 0. The lowest BCUT2D eigenvalue weighted by atomic mass is 10.1. The van der Waals surface area contributed by atoms with Crippen molar-refractivity contribution in [1.29, 1.82) is 0 Å². The average molecular weight is 309 g/mol. The summed E-state index contributed by atoms with van der Waals surface area (Å²) >= 11 is 6.01. The van der Waals surface area contributed by atoms with E-state index < -0.39 is 5.60 Å². The molecular formula is C14H17ClN4O2. The standard InChI is InChI=1S/C14H17ClN4O2/c1-14(2,3)21-13(20)18-7-10(8-18)19-12-6-9(15)4-5-11(12)16-17-19/h4-6,10H,7-8H2,1-3H3. The minimum atomic E-state index is -0.477. The van der Waals surface area contributed by atoms with Gasteiger partial charge in [-0.1, -0.05) is 16.8 Å². The van der Waals surface area contributed by atoms with E-state index in [0.29, 0.717) is 18.1 Å². The van der Waals surface area contributed by atoms with Crippen molar-refractivity contribution >= 4 is 28.7 Å². The molecule has 0 unspecified atom stereocenters. The van der Waals surface area contributed by atoms with E-state index in [1.54, 1.807) is 11.0 Å². The molecule has 2 aromatic rings. The van der Waals surface area contributed by atoms with Crippen LogP contribution in [0.15, 0.2) is 18.2 Å². The molecule has 1 aromatic heterocycles. The van der Waals surface area contributed by atoms with E-state index in [1.165, 1.54) is 0 Å². The van der Waals surface area contributed by atoms with Gasteiger partial charge in [-0.05, 0) is 39.0 Å². The molecule has 1 saturated heterocycles. The fourth-order valence-corrected chi connectivity index (χ4v) is 2.43. The van der Waals surface area contributed by atoms with Crippen LogP contribution in [0.4, 0.5) is 4.79 Å². The highest BCUT2D eigenvalue weighted by Crippen LogP contribution is 2.27. The Morgan fingerprint density at radius 1 is 1.38 bits per heavy atom. The molecule has 112 valence electrons. The number of amides is 1. The maximum atomic E-state index is 11.9. The minimum absolute atomic E-state index is 0.112. The highest BCUT2D eigenvalue weighted by atomic mass is 35.5. The van der Waals surface area contributed by atoms with Gasteiger partial charge >= 0.3 is 6.09 Å². The Balaban J connectivity index is 1.70. The number of ether oxygens (including phenoxy) is 1. The normalized spacial score (nSPS) is 16.1. The molecule has 0 atom stereocenters. The van der Waals surface area contributed by atoms with E-state index in [4.69, 9.17) is 16.3 Å². The Kier molecular flexibility index (Phi) is 3.28. The van der Waals surface area contributed by atoms with Gasteiger partial charge in [0.15, 0.2) is 0 Å². The molecular weight excluding hydrogens is 292 g/mol. The van der Waals surface area contributed by atoms with Gasteiger partial charge < -0.3 is 9.64 Å². The quantitative estimate of drug-likeness (QED) is 0.812. The van der Waals surface area contributed by atoms with Gasteiger partial charge in [0.2, 0.25) is 0 Å². The van der Waals surface area contributed by atoms with Crippen LogP contribution >= 0.6 is 11.6 Å². The topological polar surface area (TPSA) is 60.2 Å². The second-order valence-electron chi connectivity index (χ2n) is 6.21. The summed E-state index contributed by atoms with van der Waals surface area (Å²) in [4.78, 5) is 13.6. The number of nitrogens with zero attached hydrogens (tertiary/aromatic N) is 4. The molecule has 3 rings (SSSR count). The van der Waals surface area contributed by atoms with Gasteiger partial charge in [0, 0.05) is 18.1 Å². The lowest BCUT2D eigenvalue weighted by molar-refractivity contribution is -0.0000720. The number of rotatable bonds is 1. The van der Waals surface area contributed by atoms with Gasteiger partial charge in [0.25, 0.3) is 0 Å². The molecule has 0 bridgehead atoms. The zero-order valence-electron chi connectivity index (χ0n) is 12.2. The third-order valence-corrected chi connectivity index (χ3v) is 3.53. The number of fused-ring (bicyclic) bond motifs is 1. The summed E-state index contributed by atoms with van der Waals surface area (Å²) in [6.07, 6.45) is -0.291. The predicted molar refractivity (Wildman–Crippen MR) is 79.4 cm³/mol. The van der Waals surface area contributed by atoms with Crippen LogP contribution in [-0.4, -0.2) is 44.7 Å². The van der Waals surface area contributed by atoms with Crippen LogP contribution in [0.5, 0.6) is 0 Å². The van der Waals surface area contributed by atoms with E-state index in [1.807, 2.05) is 37.6 Å². The summed E-state index contributed by atoms with van der Waals surface area (Å²) in [6.45, 7) is 6.71. The van der Waals surface area contributed by atoms with Crippen molar-refractivity contribution in [3.8, 4) is 0 Å². The first-order valence-corrected chi connectivity index (χ1v) is 7.20. The molecule has 6 nitrogen and oxygen atoms in total. The van der Waals surface area contributed by atoms with E-state index in [9.17, 15) is 4.79 Å². The van der Waals surface area contributed by atoms with E-state index in [2.05, 4.69) is 10.3 Å². The van der Waals surface area contributed by atoms with Gasteiger partial charge in [-0.2, -0.15) is 0 Å². The van der Waals surface area contributed by atoms with Crippen molar-refractivity contribution in [2.75, 3.05) is 13.1 Å². The highest BCUT2D eigenvalue weighted by molar-refractivity contribution is 6.31. The van der Waals surface area contributed by atoms with E-state index in [0.717, 1.165) is 11.0 Å². The summed E-state index contributed by atoms with van der Waals surface area (Å²) in [5, 5.41) is 8.92.